The molecule has 1 N–H and O–H groups in total. The van der Waals surface area contributed by atoms with Crippen molar-refractivity contribution in [1.29, 1.82) is 0 Å². The molecule has 0 unspecified atom stereocenters. The van der Waals surface area contributed by atoms with Crippen molar-refractivity contribution >= 4 is 5.82 Å². The monoisotopic (exact) mass is 263 g/mol. The van der Waals surface area contributed by atoms with Gasteiger partial charge < -0.3 is 5.32 Å². The Bertz CT molecular complexity index is 697. The number of aryl methyl sites for hydroxylation is 1. The zero-order chi connectivity index (χ0) is 13.9. The highest BCUT2D eigenvalue weighted by Crippen LogP contribution is 2.25. The van der Waals surface area contributed by atoms with Crippen LogP contribution in [0.4, 0.5) is 5.82 Å². The first-order valence-electron chi connectivity index (χ1n) is 6.65. The predicted octanol–water partition coefficient (Wildman–Crippen LogP) is 3.80. The van der Waals surface area contributed by atoms with Gasteiger partial charge in [-0.15, -0.1) is 0 Å². The molecule has 0 aliphatic rings. The van der Waals surface area contributed by atoms with Gasteiger partial charge in [-0.2, -0.15) is 5.10 Å². The molecule has 3 aromatic rings. The van der Waals surface area contributed by atoms with Gasteiger partial charge >= 0.3 is 0 Å². The predicted molar refractivity (Wildman–Crippen MR) is 83.6 cm³/mol. The number of nitrogens with zero attached hydrogens (tertiary/aromatic N) is 2. The third kappa shape index (κ3) is 2.30. The van der Waals surface area contributed by atoms with Crippen LogP contribution in [-0.4, -0.2) is 16.8 Å². The molecule has 0 aliphatic carbocycles. The third-order valence-corrected chi connectivity index (χ3v) is 3.42. The summed E-state index contributed by atoms with van der Waals surface area (Å²) in [7, 11) is 3.84. The Morgan fingerprint density at radius 3 is 2.05 bits per heavy atom. The summed E-state index contributed by atoms with van der Waals surface area (Å²) < 4.78 is 1.89. The Morgan fingerprint density at radius 1 is 0.850 bits per heavy atom. The molecule has 0 bridgehead atoms. The second kappa shape index (κ2) is 5.21. The van der Waals surface area contributed by atoms with Gasteiger partial charge in [0.15, 0.2) is 0 Å². The second-order valence-corrected chi connectivity index (χ2v) is 4.73. The van der Waals surface area contributed by atoms with Gasteiger partial charge in [-0.05, 0) is 16.7 Å². The minimum Gasteiger partial charge on any atom is -0.372 e. The first-order chi connectivity index (χ1) is 9.78. The zero-order valence-electron chi connectivity index (χ0n) is 11.7. The lowest BCUT2D eigenvalue weighted by molar-refractivity contribution is 0.778. The van der Waals surface area contributed by atoms with Crippen LogP contribution in [0.25, 0.3) is 22.4 Å². The molecule has 2 aromatic carbocycles. The standard InChI is InChI=1S/C17H17N3/c1-18-17-12-16(20(2)19-17)15-10-8-14(9-11-15)13-6-4-3-5-7-13/h3-12H,1-2H3,(H,18,19). The molecule has 20 heavy (non-hydrogen) atoms. The average Bonchev–Trinajstić information content (AvgIpc) is 2.89. The molecule has 3 heteroatoms. The van der Waals surface area contributed by atoms with E-state index < -0.39 is 0 Å². The quantitative estimate of drug-likeness (QED) is 0.779. The molecule has 0 atom stereocenters. The lowest BCUT2D eigenvalue weighted by Gasteiger charge is -2.04. The molecule has 0 saturated heterocycles. The van der Waals surface area contributed by atoms with Gasteiger partial charge in [0.05, 0.1) is 5.69 Å². The topological polar surface area (TPSA) is 29.9 Å². The number of aromatic nitrogens is 2. The molecule has 100 valence electrons. The third-order valence-electron chi connectivity index (χ3n) is 3.42. The maximum Gasteiger partial charge on any atom is 0.148 e. The maximum atomic E-state index is 4.39. The van der Waals surface area contributed by atoms with E-state index in [1.54, 1.807) is 0 Å². The van der Waals surface area contributed by atoms with Crippen LogP contribution in [0.15, 0.2) is 60.7 Å². The first kappa shape index (κ1) is 12.5. The largest absolute Gasteiger partial charge is 0.372 e. The number of anilines is 1. The van der Waals surface area contributed by atoms with E-state index in [4.69, 9.17) is 0 Å². The highest BCUT2D eigenvalue weighted by Gasteiger charge is 2.06. The molecule has 3 nitrogen and oxygen atoms in total. The van der Waals surface area contributed by atoms with Gasteiger partial charge in [0.25, 0.3) is 0 Å². The minimum atomic E-state index is 0.884. The van der Waals surface area contributed by atoms with Crippen molar-refractivity contribution in [2.24, 2.45) is 7.05 Å². The second-order valence-electron chi connectivity index (χ2n) is 4.73. The van der Waals surface area contributed by atoms with Gasteiger partial charge in [-0.1, -0.05) is 54.6 Å². The van der Waals surface area contributed by atoms with Crippen molar-refractivity contribution in [1.82, 2.24) is 9.78 Å². The molecule has 1 heterocycles. The summed E-state index contributed by atoms with van der Waals surface area (Å²) in [4.78, 5) is 0. The van der Waals surface area contributed by atoms with E-state index in [1.165, 1.54) is 16.7 Å². The van der Waals surface area contributed by atoms with Crippen molar-refractivity contribution in [3.63, 3.8) is 0 Å². The van der Waals surface area contributed by atoms with Crippen molar-refractivity contribution in [2.75, 3.05) is 12.4 Å². The molecule has 0 fully saturated rings. The fraction of sp³-hybridized carbons (Fsp3) is 0.118. The van der Waals surface area contributed by atoms with E-state index >= 15 is 0 Å². The van der Waals surface area contributed by atoms with Crippen molar-refractivity contribution in [3.05, 3.63) is 60.7 Å². The minimum absolute atomic E-state index is 0.884. The highest BCUT2D eigenvalue weighted by atomic mass is 15.3. The smallest absolute Gasteiger partial charge is 0.148 e. The molecule has 0 saturated carbocycles. The highest BCUT2D eigenvalue weighted by molar-refractivity contribution is 5.70. The van der Waals surface area contributed by atoms with Gasteiger partial charge in [0.2, 0.25) is 0 Å². The lowest BCUT2D eigenvalue weighted by atomic mass is 10.0. The number of hydrogen-bond acceptors (Lipinski definition) is 2. The number of rotatable bonds is 3. The molecular weight excluding hydrogens is 246 g/mol. The fourth-order valence-electron chi connectivity index (χ4n) is 2.32. The van der Waals surface area contributed by atoms with E-state index in [0.29, 0.717) is 0 Å². The van der Waals surface area contributed by atoms with Gasteiger partial charge in [0.1, 0.15) is 5.82 Å². The first-order valence-corrected chi connectivity index (χ1v) is 6.65. The van der Waals surface area contributed by atoms with E-state index in [0.717, 1.165) is 11.5 Å². The molecule has 0 aliphatic heterocycles. The summed E-state index contributed by atoms with van der Waals surface area (Å²) in [6.07, 6.45) is 0. The Morgan fingerprint density at radius 2 is 1.45 bits per heavy atom. The fourth-order valence-corrected chi connectivity index (χ4v) is 2.32. The Balaban J connectivity index is 1.95. The molecular formula is C17H17N3. The molecule has 0 radical (unpaired) electrons. The summed E-state index contributed by atoms with van der Waals surface area (Å²) in [5, 5.41) is 7.45. The Labute approximate surface area is 118 Å². The average molecular weight is 263 g/mol. The molecule has 0 spiro atoms. The van der Waals surface area contributed by atoms with Crippen LogP contribution in [-0.2, 0) is 7.05 Å². The van der Waals surface area contributed by atoms with E-state index in [1.807, 2.05) is 24.8 Å². The van der Waals surface area contributed by atoms with Crippen LogP contribution in [0.1, 0.15) is 0 Å². The van der Waals surface area contributed by atoms with Crippen LogP contribution >= 0.6 is 0 Å². The van der Waals surface area contributed by atoms with Crippen LogP contribution in [0.5, 0.6) is 0 Å². The summed E-state index contributed by atoms with van der Waals surface area (Å²) in [6, 6.07) is 21.0. The van der Waals surface area contributed by atoms with E-state index in [9.17, 15) is 0 Å². The summed E-state index contributed by atoms with van der Waals surface area (Å²) in [5.74, 6) is 0.884. The summed E-state index contributed by atoms with van der Waals surface area (Å²) in [6.45, 7) is 0. The molecule has 3 rings (SSSR count). The summed E-state index contributed by atoms with van der Waals surface area (Å²) >= 11 is 0. The normalized spacial score (nSPS) is 10.5. The van der Waals surface area contributed by atoms with Gasteiger partial charge in [-0.3, -0.25) is 4.68 Å². The van der Waals surface area contributed by atoms with Crippen molar-refractivity contribution < 1.29 is 0 Å². The Hall–Kier alpha value is -2.55. The lowest BCUT2D eigenvalue weighted by Crippen LogP contribution is -1.95. The van der Waals surface area contributed by atoms with Crippen LogP contribution in [0.2, 0.25) is 0 Å². The van der Waals surface area contributed by atoms with Crippen LogP contribution in [0.3, 0.4) is 0 Å². The molecule has 1 aromatic heterocycles. The Kier molecular flexibility index (Phi) is 3.25. The maximum absolute atomic E-state index is 4.39. The van der Waals surface area contributed by atoms with Crippen LogP contribution < -0.4 is 5.32 Å². The number of benzene rings is 2. The number of nitrogens with one attached hydrogen (secondary N) is 1. The summed E-state index contributed by atoms with van der Waals surface area (Å²) in [5.41, 5.74) is 4.74. The van der Waals surface area contributed by atoms with Crippen LogP contribution in [0, 0.1) is 0 Å². The van der Waals surface area contributed by atoms with Crippen molar-refractivity contribution in [3.8, 4) is 22.4 Å². The van der Waals surface area contributed by atoms with Gasteiger partial charge in [0, 0.05) is 20.2 Å². The molecule has 0 amide bonds. The van der Waals surface area contributed by atoms with E-state index in [-0.39, 0.29) is 0 Å². The number of hydrogen-bond donors (Lipinski definition) is 1. The van der Waals surface area contributed by atoms with Crippen molar-refractivity contribution in [2.45, 2.75) is 0 Å². The SMILES string of the molecule is CNc1cc(-c2ccc(-c3ccccc3)cc2)n(C)n1. The zero-order valence-corrected chi connectivity index (χ0v) is 11.7. The van der Waals surface area contributed by atoms with Gasteiger partial charge in [-0.25, -0.2) is 0 Å². The van der Waals surface area contributed by atoms with E-state index in [2.05, 4.69) is 65.0 Å².